The lowest BCUT2D eigenvalue weighted by Crippen LogP contribution is -2.17. The third-order valence-electron chi connectivity index (χ3n) is 4.37. The molecule has 3 rings (SSSR count). The number of nitrogens with zero attached hydrogens (tertiary/aromatic N) is 1. The van der Waals surface area contributed by atoms with Gasteiger partial charge in [0, 0.05) is 5.39 Å². The van der Waals surface area contributed by atoms with Crippen molar-refractivity contribution in [2.24, 2.45) is 5.10 Å². The van der Waals surface area contributed by atoms with Gasteiger partial charge in [-0.05, 0) is 62.7 Å². The van der Waals surface area contributed by atoms with E-state index in [9.17, 15) is 9.59 Å². The maximum atomic E-state index is 12.4. The highest BCUT2D eigenvalue weighted by Gasteiger charge is 2.15. The Morgan fingerprint density at radius 1 is 1.03 bits per heavy atom. The maximum absolute atomic E-state index is 12.4. The van der Waals surface area contributed by atoms with Gasteiger partial charge in [-0.15, -0.1) is 0 Å². The average molecular weight is 489 g/mol. The molecule has 9 nitrogen and oxygen atoms in total. The molecule has 0 aliphatic heterocycles. The van der Waals surface area contributed by atoms with Crippen molar-refractivity contribution in [3.63, 3.8) is 0 Å². The normalized spacial score (nSPS) is 10.9. The summed E-state index contributed by atoms with van der Waals surface area (Å²) in [7, 11) is 0. The zero-order valence-corrected chi connectivity index (χ0v) is 19.8. The number of hydrogen-bond donors (Lipinski definition) is 1. The summed E-state index contributed by atoms with van der Waals surface area (Å²) < 4.78 is 26.9. The minimum Gasteiger partial charge on any atom is -0.494 e. The highest BCUT2D eigenvalue weighted by molar-refractivity contribution is 6.32. The van der Waals surface area contributed by atoms with E-state index in [0.29, 0.717) is 35.9 Å². The van der Waals surface area contributed by atoms with Crippen LogP contribution in [-0.4, -0.2) is 44.5 Å². The zero-order valence-electron chi connectivity index (χ0n) is 19.1. The van der Waals surface area contributed by atoms with E-state index in [1.165, 1.54) is 6.21 Å². The first-order valence-corrected chi connectivity index (χ1v) is 11.1. The lowest BCUT2D eigenvalue weighted by atomic mass is 10.2. The van der Waals surface area contributed by atoms with E-state index in [-0.39, 0.29) is 29.7 Å². The van der Waals surface area contributed by atoms with Crippen molar-refractivity contribution >= 4 is 40.7 Å². The monoisotopic (exact) mass is 488 g/mol. The predicted octanol–water partition coefficient (Wildman–Crippen LogP) is 4.59. The second kappa shape index (κ2) is 11.9. The number of carbonyl (C=O) groups is 2. The predicted molar refractivity (Wildman–Crippen MR) is 127 cm³/mol. The number of hydrazone groups is 1. The van der Waals surface area contributed by atoms with Crippen LogP contribution in [0.5, 0.6) is 17.2 Å². The van der Waals surface area contributed by atoms with Crippen LogP contribution in [0.2, 0.25) is 5.02 Å². The fourth-order valence-electron chi connectivity index (χ4n) is 3.01. The number of carbonyl (C=O) groups excluding carboxylic acids is 2. The average Bonchev–Trinajstić information content (AvgIpc) is 3.23. The molecule has 0 aliphatic carbocycles. The second-order valence-corrected chi connectivity index (χ2v) is 7.21. The van der Waals surface area contributed by atoms with Crippen LogP contribution < -0.4 is 19.6 Å². The van der Waals surface area contributed by atoms with Crippen molar-refractivity contribution in [2.75, 3.05) is 26.4 Å². The van der Waals surface area contributed by atoms with Crippen LogP contribution in [0.25, 0.3) is 11.0 Å². The first-order valence-electron chi connectivity index (χ1n) is 10.7. The molecule has 0 unspecified atom stereocenters. The van der Waals surface area contributed by atoms with Crippen molar-refractivity contribution in [3.8, 4) is 17.2 Å². The van der Waals surface area contributed by atoms with Gasteiger partial charge in [0.1, 0.15) is 11.3 Å². The molecule has 0 radical (unpaired) electrons. The third kappa shape index (κ3) is 6.41. The molecule has 0 saturated heterocycles. The van der Waals surface area contributed by atoms with Gasteiger partial charge in [-0.25, -0.2) is 10.2 Å². The van der Waals surface area contributed by atoms with E-state index in [4.69, 9.17) is 35.0 Å². The van der Waals surface area contributed by atoms with Gasteiger partial charge in [-0.2, -0.15) is 5.10 Å². The summed E-state index contributed by atoms with van der Waals surface area (Å²) in [6.45, 7) is 6.23. The minimum absolute atomic E-state index is 0.108. The Morgan fingerprint density at radius 3 is 2.56 bits per heavy atom. The fourth-order valence-corrected chi connectivity index (χ4v) is 3.28. The Balaban J connectivity index is 1.70. The number of rotatable bonds is 11. The number of nitrogens with one attached hydrogen (secondary N) is 1. The van der Waals surface area contributed by atoms with Crippen LogP contribution in [0.3, 0.4) is 0 Å². The Hall–Kier alpha value is -3.72. The molecule has 0 aliphatic rings. The molecule has 180 valence electrons. The van der Waals surface area contributed by atoms with Gasteiger partial charge in [-0.1, -0.05) is 11.6 Å². The quantitative estimate of drug-likeness (QED) is 0.239. The minimum atomic E-state index is -0.519. The van der Waals surface area contributed by atoms with Gasteiger partial charge in [0.25, 0.3) is 0 Å². The van der Waals surface area contributed by atoms with Crippen molar-refractivity contribution in [1.82, 2.24) is 5.43 Å². The molecule has 0 spiro atoms. The van der Waals surface area contributed by atoms with Crippen LogP contribution in [0.4, 0.5) is 0 Å². The molecule has 10 heteroatoms. The summed E-state index contributed by atoms with van der Waals surface area (Å²) in [5, 5.41) is 4.92. The largest absolute Gasteiger partial charge is 0.494 e. The lowest BCUT2D eigenvalue weighted by Gasteiger charge is -2.14. The maximum Gasteiger partial charge on any atom is 0.344 e. The number of benzene rings is 2. The van der Waals surface area contributed by atoms with E-state index in [1.54, 1.807) is 50.2 Å². The molecule has 1 aromatic heterocycles. The van der Waals surface area contributed by atoms with Gasteiger partial charge >= 0.3 is 11.9 Å². The van der Waals surface area contributed by atoms with Crippen molar-refractivity contribution in [2.45, 2.75) is 20.8 Å². The van der Waals surface area contributed by atoms with Crippen LogP contribution in [0.15, 0.2) is 45.9 Å². The number of ether oxygens (including phenoxy) is 4. The van der Waals surface area contributed by atoms with E-state index >= 15 is 0 Å². The van der Waals surface area contributed by atoms with Gasteiger partial charge in [0.15, 0.2) is 23.9 Å². The van der Waals surface area contributed by atoms with Crippen LogP contribution in [-0.2, 0) is 9.53 Å². The summed E-state index contributed by atoms with van der Waals surface area (Å²) in [5.74, 6) is 0.305. The van der Waals surface area contributed by atoms with Gasteiger partial charge in [-0.3, -0.25) is 4.79 Å². The fraction of sp³-hybridized carbons (Fsp3) is 0.292. The smallest absolute Gasteiger partial charge is 0.344 e. The molecule has 2 aromatic carbocycles. The molecule has 0 bridgehead atoms. The molecule has 0 atom stereocenters. The number of esters is 1. The number of hydrogen-bond acceptors (Lipinski definition) is 8. The van der Waals surface area contributed by atoms with Crippen LogP contribution >= 0.6 is 11.6 Å². The van der Waals surface area contributed by atoms with Crippen LogP contribution in [0.1, 0.15) is 36.9 Å². The van der Waals surface area contributed by atoms with Crippen molar-refractivity contribution in [1.29, 1.82) is 0 Å². The van der Waals surface area contributed by atoms with Gasteiger partial charge in [0.05, 0.1) is 31.1 Å². The first kappa shape index (κ1) is 24.9. The molecular weight excluding hydrogens is 464 g/mol. The summed E-state index contributed by atoms with van der Waals surface area (Å²) >= 11 is 6.32. The number of amides is 1. The Morgan fingerprint density at radius 2 is 1.82 bits per heavy atom. The Bertz CT molecular complexity index is 1190. The standard InChI is InChI=1S/C24H25ClN2O7/c1-4-30-17-7-8-19-16(11-17)12-21(34-19)24(29)27-26-13-15-9-18(25)23(20(10-15)31-5-2)33-14-22(28)32-6-3/h7-13H,4-6,14H2,1-3H3,(H,27,29)/b26-13+. The van der Waals surface area contributed by atoms with E-state index in [0.717, 1.165) is 5.39 Å². The summed E-state index contributed by atoms with van der Waals surface area (Å²) in [6.07, 6.45) is 1.40. The van der Waals surface area contributed by atoms with E-state index in [2.05, 4.69) is 10.5 Å². The molecule has 0 saturated carbocycles. The Kier molecular flexibility index (Phi) is 8.75. The number of fused-ring (bicyclic) bond motifs is 1. The summed E-state index contributed by atoms with van der Waals surface area (Å²) in [4.78, 5) is 24.0. The summed E-state index contributed by atoms with van der Waals surface area (Å²) in [5.41, 5.74) is 3.52. The van der Waals surface area contributed by atoms with Gasteiger partial charge in [0.2, 0.25) is 0 Å². The molecule has 0 fully saturated rings. The molecule has 3 aromatic rings. The second-order valence-electron chi connectivity index (χ2n) is 6.80. The lowest BCUT2D eigenvalue weighted by molar-refractivity contribution is -0.145. The Labute approximate surface area is 201 Å². The van der Waals surface area contributed by atoms with Crippen molar-refractivity contribution in [3.05, 3.63) is 52.7 Å². The number of halogens is 1. The van der Waals surface area contributed by atoms with E-state index in [1.807, 2.05) is 6.92 Å². The highest BCUT2D eigenvalue weighted by Crippen LogP contribution is 2.36. The first-order chi connectivity index (χ1) is 16.4. The SMILES string of the molecule is CCOC(=O)COc1c(Cl)cc(/C=N/NC(=O)c2cc3cc(OCC)ccc3o2)cc1OCC. The zero-order chi connectivity index (χ0) is 24.5. The topological polar surface area (TPSA) is 109 Å². The third-order valence-corrected chi connectivity index (χ3v) is 4.65. The summed E-state index contributed by atoms with van der Waals surface area (Å²) in [6, 6.07) is 10.1. The molecule has 34 heavy (non-hydrogen) atoms. The molecule has 1 amide bonds. The highest BCUT2D eigenvalue weighted by atomic mass is 35.5. The number of furan rings is 1. The molecule has 1 heterocycles. The van der Waals surface area contributed by atoms with E-state index < -0.39 is 11.9 Å². The van der Waals surface area contributed by atoms with Gasteiger partial charge < -0.3 is 23.4 Å². The van der Waals surface area contributed by atoms with Crippen molar-refractivity contribution < 1.29 is 33.0 Å². The van der Waals surface area contributed by atoms with Crippen LogP contribution in [0, 0.1) is 0 Å². The molecule has 1 N–H and O–H groups in total. The molecular formula is C24H25ClN2O7.